The zero-order valence-electron chi connectivity index (χ0n) is 15.2. The molecule has 2 N–H and O–H groups in total. The first-order valence-corrected chi connectivity index (χ1v) is 9.29. The van der Waals surface area contributed by atoms with E-state index in [9.17, 15) is 9.90 Å². The highest BCUT2D eigenvalue weighted by atomic mass is 16.5. The Balaban J connectivity index is 3.23. The molecule has 136 valence electrons. The molecule has 0 fully saturated rings. The Kier molecular flexibility index (Phi) is 15.4. The lowest BCUT2D eigenvalue weighted by molar-refractivity contribution is -0.141. The highest BCUT2D eigenvalue weighted by molar-refractivity contribution is 5.86. The average Bonchev–Trinajstić information content (AvgIpc) is 2.53. The molecule has 0 rings (SSSR count). The van der Waals surface area contributed by atoms with E-state index in [4.69, 9.17) is 4.74 Å². The van der Waals surface area contributed by atoms with Crippen LogP contribution in [0.15, 0.2) is 12.2 Å². The lowest BCUT2D eigenvalue weighted by Gasteiger charge is -2.12. The molecule has 0 aromatic heterocycles. The summed E-state index contributed by atoms with van der Waals surface area (Å²) in [6.07, 6.45) is 12.6. The van der Waals surface area contributed by atoms with Crippen molar-refractivity contribution in [3.05, 3.63) is 12.2 Å². The number of ether oxygens (including phenoxy) is 1. The molecule has 0 bridgehead atoms. The van der Waals surface area contributed by atoms with E-state index in [0.29, 0.717) is 12.1 Å². The summed E-state index contributed by atoms with van der Waals surface area (Å²) in [6.45, 7) is 8.73. The van der Waals surface area contributed by atoms with Gasteiger partial charge in [-0.3, -0.25) is 0 Å². The molecule has 4 nitrogen and oxygen atoms in total. The van der Waals surface area contributed by atoms with Gasteiger partial charge in [0.05, 0.1) is 0 Å². The molecular formula is C19H37NO3. The van der Waals surface area contributed by atoms with Crippen LogP contribution in [0.5, 0.6) is 0 Å². The first-order chi connectivity index (χ1) is 11.1. The number of carbonyl (C=O) groups is 1. The molecule has 0 spiro atoms. The largest absolute Gasteiger partial charge is 0.460 e. The van der Waals surface area contributed by atoms with E-state index in [2.05, 4.69) is 18.8 Å². The van der Waals surface area contributed by atoms with E-state index >= 15 is 0 Å². The number of nitrogens with one attached hydrogen (secondary N) is 1. The maximum absolute atomic E-state index is 11.2. The fourth-order valence-corrected chi connectivity index (χ4v) is 2.36. The van der Waals surface area contributed by atoms with E-state index < -0.39 is 12.1 Å². The molecule has 0 aromatic carbocycles. The molecule has 4 heteroatoms. The maximum Gasteiger partial charge on any atom is 0.333 e. The van der Waals surface area contributed by atoms with Crippen LogP contribution in [-0.2, 0) is 9.53 Å². The Hall–Kier alpha value is -0.870. The molecule has 0 aromatic rings. The minimum Gasteiger partial charge on any atom is -0.460 e. The number of rotatable bonds is 16. The van der Waals surface area contributed by atoms with Crippen molar-refractivity contribution in [2.45, 2.75) is 84.2 Å². The zero-order valence-corrected chi connectivity index (χ0v) is 15.2. The Labute approximate surface area is 142 Å². The van der Waals surface area contributed by atoms with Gasteiger partial charge in [0, 0.05) is 12.1 Å². The van der Waals surface area contributed by atoms with Crippen molar-refractivity contribution in [2.24, 2.45) is 0 Å². The fourth-order valence-electron chi connectivity index (χ4n) is 2.36. The van der Waals surface area contributed by atoms with Crippen molar-refractivity contribution in [3.8, 4) is 0 Å². The van der Waals surface area contributed by atoms with Crippen LogP contribution in [0, 0.1) is 0 Å². The number of hydrogen-bond donors (Lipinski definition) is 2. The van der Waals surface area contributed by atoms with Gasteiger partial charge in [0.1, 0.15) is 12.7 Å². The summed E-state index contributed by atoms with van der Waals surface area (Å²) >= 11 is 0. The zero-order chi connectivity index (χ0) is 17.3. The normalized spacial score (nSPS) is 12.1. The van der Waals surface area contributed by atoms with Gasteiger partial charge in [-0.1, -0.05) is 71.3 Å². The second-order valence-corrected chi connectivity index (χ2v) is 6.42. The molecule has 0 aliphatic rings. The number of hydrogen-bond acceptors (Lipinski definition) is 4. The lowest BCUT2D eigenvalue weighted by Crippen LogP contribution is -2.31. The fraction of sp³-hybridized carbons (Fsp3) is 0.842. The van der Waals surface area contributed by atoms with Crippen molar-refractivity contribution in [1.82, 2.24) is 5.32 Å². The number of esters is 1. The third-order valence-corrected chi connectivity index (χ3v) is 3.84. The summed E-state index contributed by atoms with van der Waals surface area (Å²) in [6, 6.07) is 0. The molecule has 0 heterocycles. The number of aliphatic hydroxyl groups is 1. The van der Waals surface area contributed by atoms with E-state index in [1.807, 2.05) is 0 Å². The highest BCUT2D eigenvalue weighted by Crippen LogP contribution is 2.10. The predicted molar refractivity (Wildman–Crippen MR) is 96.5 cm³/mol. The second kappa shape index (κ2) is 16.0. The topological polar surface area (TPSA) is 58.6 Å². The minimum atomic E-state index is -0.651. The number of aliphatic hydroxyl groups excluding tert-OH is 1. The van der Waals surface area contributed by atoms with Gasteiger partial charge in [-0.25, -0.2) is 4.79 Å². The van der Waals surface area contributed by atoms with Gasteiger partial charge in [0.15, 0.2) is 0 Å². The Bertz CT molecular complexity index is 305. The lowest BCUT2D eigenvalue weighted by atomic mass is 10.1. The third-order valence-electron chi connectivity index (χ3n) is 3.84. The molecule has 0 aliphatic heterocycles. The van der Waals surface area contributed by atoms with Crippen LogP contribution >= 0.6 is 0 Å². The van der Waals surface area contributed by atoms with Crippen LogP contribution in [0.1, 0.15) is 78.1 Å². The van der Waals surface area contributed by atoms with Crippen molar-refractivity contribution >= 4 is 5.97 Å². The first kappa shape index (κ1) is 22.1. The molecule has 1 atom stereocenters. The summed E-state index contributed by atoms with van der Waals surface area (Å²) in [5.74, 6) is -0.446. The van der Waals surface area contributed by atoms with E-state index in [1.54, 1.807) is 6.92 Å². The van der Waals surface area contributed by atoms with Gasteiger partial charge < -0.3 is 15.2 Å². The average molecular weight is 328 g/mol. The van der Waals surface area contributed by atoms with Crippen LogP contribution in [0.3, 0.4) is 0 Å². The summed E-state index contributed by atoms with van der Waals surface area (Å²) in [4.78, 5) is 11.2. The van der Waals surface area contributed by atoms with Gasteiger partial charge in [-0.2, -0.15) is 0 Å². The minimum absolute atomic E-state index is 0.0245. The highest BCUT2D eigenvalue weighted by Gasteiger charge is 2.08. The molecule has 1 unspecified atom stereocenters. The van der Waals surface area contributed by atoms with Crippen molar-refractivity contribution < 1.29 is 14.6 Å². The summed E-state index contributed by atoms with van der Waals surface area (Å²) in [5.41, 5.74) is 0.357. The molecule has 0 saturated heterocycles. The van der Waals surface area contributed by atoms with Crippen molar-refractivity contribution in [1.29, 1.82) is 0 Å². The van der Waals surface area contributed by atoms with Crippen LogP contribution in [0.25, 0.3) is 0 Å². The predicted octanol–water partition coefficient (Wildman–Crippen LogP) is 3.98. The monoisotopic (exact) mass is 327 g/mol. The van der Waals surface area contributed by atoms with Crippen molar-refractivity contribution in [3.63, 3.8) is 0 Å². The number of carbonyl (C=O) groups excluding carboxylic acids is 1. The van der Waals surface area contributed by atoms with Crippen LogP contribution in [-0.4, -0.2) is 36.9 Å². The standard InChI is InChI=1S/C19H37NO3/c1-4-5-6-7-8-9-10-11-12-13-14-20-15-18(21)16-23-19(22)17(2)3/h18,20-21H,2,4-16H2,1,3H3. The van der Waals surface area contributed by atoms with Crippen molar-refractivity contribution in [2.75, 3.05) is 19.7 Å². The maximum atomic E-state index is 11.2. The van der Waals surface area contributed by atoms with Gasteiger partial charge in [0.25, 0.3) is 0 Å². The molecule has 0 saturated carbocycles. The summed E-state index contributed by atoms with van der Waals surface area (Å²) in [5, 5.41) is 12.9. The SMILES string of the molecule is C=C(C)C(=O)OCC(O)CNCCCCCCCCCCCC. The Morgan fingerprint density at radius 2 is 1.57 bits per heavy atom. The molecule has 0 aliphatic carbocycles. The van der Waals surface area contributed by atoms with E-state index in [1.165, 1.54) is 57.8 Å². The van der Waals surface area contributed by atoms with Gasteiger partial charge in [-0.05, 0) is 19.9 Å². The summed E-state index contributed by atoms with van der Waals surface area (Å²) < 4.78 is 4.89. The molecule has 23 heavy (non-hydrogen) atoms. The second-order valence-electron chi connectivity index (χ2n) is 6.42. The first-order valence-electron chi connectivity index (χ1n) is 9.29. The Morgan fingerprint density at radius 3 is 2.09 bits per heavy atom. The third kappa shape index (κ3) is 15.8. The van der Waals surface area contributed by atoms with Gasteiger partial charge in [-0.15, -0.1) is 0 Å². The molecule has 0 amide bonds. The number of unbranched alkanes of at least 4 members (excludes halogenated alkanes) is 9. The molecular weight excluding hydrogens is 290 g/mol. The quantitative estimate of drug-likeness (QED) is 0.256. The summed E-state index contributed by atoms with van der Waals surface area (Å²) in [7, 11) is 0. The van der Waals surface area contributed by atoms with E-state index in [0.717, 1.165) is 13.0 Å². The van der Waals surface area contributed by atoms with Crippen LogP contribution in [0.4, 0.5) is 0 Å². The van der Waals surface area contributed by atoms with Gasteiger partial charge >= 0.3 is 5.97 Å². The van der Waals surface area contributed by atoms with Crippen LogP contribution in [0.2, 0.25) is 0 Å². The van der Waals surface area contributed by atoms with Gasteiger partial charge in [0.2, 0.25) is 0 Å². The van der Waals surface area contributed by atoms with E-state index in [-0.39, 0.29) is 6.61 Å². The van der Waals surface area contributed by atoms with Crippen LogP contribution < -0.4 is 5.32 Å². The molecule has 0 radical (unpaired) electrons. The smallest absolute Gasteiger partial charge is 0.333 e. The Morgan fingerprint density at radius 1 is 1.04 bits per heavy atom.